The van der Waals surface area contributed by atoms with E-state index in [1.807, 2.05) is 31.1 Å². The quantitative estimate of drug-likeness (QED) is 0.700. The summed E-state index contributed by atoms with van der Waals surface area (Å²) >= 11 is 0. The molecule has 0 aliphatic heterocycles. The molecule has 0 aliphatic carbocycles. The highest BCUT2D eigenvalue weighted by molar-refractivity contribution is 6.03. The maximum atomic E-state index is 13.8. The lowest BCUT2D eigenvalue weighted by Gasteiger charge is -2.13. The monoisotopic (exact) mass is 368 g/mol. The van der Waals surface area contributed by atoms with Crippen molar-refractivity contribution in [1.82, 2.24) is 4.98 Å². The predicted octanol–water partition coefficient (Wildman–Crippen LogP) is 4.42. The van der Waals surface area contributed by atoms with Gasteiger partial charge in [0.2, 0.25) is 0 Å². The number of anilines is 4. The Hall–Kier alpha value is -3.48. The summed E-state index contributed by atoms with van der Waals surface area (Å²) in [5, 5.41) is 5.57. The summed E-state index contributed by atoms with van der Waals surface area (Å²) in [4.78, 5) is 18.4. The third kappa shape index (κ3) is 4.58. The first kappa shape index (κ1) is 18.3. The summed E-state index contributed by atoms with van der Waals surface area (Å²) in [6.07, 6.45) is 1.44. The number of benzene rings is 2. The van der Waals surface area contributed by atoms with Crippen LogP contribution in [0.4, 0.5) is 31.5 Å². The van der Waals surface area contributed by atoms with E-state index in [1.54, 1.807) is 18.2 Å². The minimum absolute atomic E-state index is 0.105. The van der Waals surface area contributed by atoms with Crippen LogP contribution in [0.3, 0.4) is 0 Å². The molecule has 0 fully saturated rings. The Kier molecular flexibility index (Phi) is 5.30. The highest BCUT2D eigenvalue weighted by Gasteiger charge is 2.10. The molecule has 3 aromatic rings. The number of rotatable bonds is 5. The van der Waals surface area contributed by atoms with E-state index in [1.165, 1.54) is 18.3 Å². The average molecular weight is 368 g/mol. The van der Waals surface area contributed by atoms with Crippen LogP contribution in [0.2, 0.25) is 0 Å². The van der Waals surface area contributed by atoms with Crippen LogP contribution in [0.25, 0.3) is 0 Å². The molecule has 2 N–H and O–H groups in total. The molecule has 0 unspecified atom stereocenters. The summed E-state index contributed by atoms with van der Waals surface area (Å²) in [6.45, 7) is 0. The zero-order valence-electron chi connectivity index (χ0n) is 14.8. The van der Waals surface area contributed by atoms with E-state index in [4.69, 9.17) is 0 Å². The van der Waals surface area contributed by atoms with Gasteiger partial charge in [0.1, 0.15) is 17.3 Å². The second kappa shape index (κ2) is 7.82. The topological polar surface area (TPSA) is 57.3 Å². The maximum Gasteiger partial charge on any atom is 0.274 e. The van der Waals surface area contributed by atoms with E-state index in [2.05, 4.69) is 15.6 Å². The minimum atomic E-state index is -0.723. The van der Waals surface area contributed by atoms with Crippen molar-refractivity contribution in [3.05, 3.63) is 78.1 Å². The number of hydrogen-bond acceptors (Lipinski definition) is 4. The number of pyridine rings is 1. The van der Waals surface area contributed by atoms with E-state index in [0.29, 0.717) is 11.4 Å². The summed E-state index contributed by atoms with van der Waals surface area (Å²) in [7, 11) is 3.86. The second-order valence-corrected chi connectivity index (χ2v) is 6.07. The lowest BCUT2D eigenvalue weighted by atomic mass is 10.2. The van der Waals surface area contributed by atoms with Crippen LogP contribution in [-0.4, -0.2) is 25.0 Å². The van der Waals surface area contributed by atoms with Crippen LogP contribution >= 0.6 is 0 Å². The first-order valence-electron chi connectivity index (χ1n) is 8.19. The lowest BCUT2D eigenvalue weighted by Crippen LogP contribution is -2.14. The van der Waals surface area contributed by atoms with E-state index in [0.717, 1.165) is 17.8 Å². The molecule has 0 saturated heterocycles. The first-order chi connectivity index (χ1) is 12.9. The summed E-state index contributed by atoms with van der Waals surface area (Å²) in [5.41, 5.74) is 2.38. The predicted molar refractivity (Wildman–Crippen MR) is 103 cm³/mol. The van der Waals surface area contributed by atoms with Crippen molar-refractivity contribution in [2.24, 2.45) is 0 Å². The fourth-order valence-corrected chi connectivity index (χ4v) is 2.42. The highest BCUT2D eigenvalue weighted by atomic mass is 19.1. The molecule has 1 heterocycles. The maximum absolute atomic E-state index is 13.8. The van der Waals surface area contributed by atoms with Gasteiger partial charge in [0.15, 0.2) is 0 Å². The SMILES string of the molecule is CN(C)c1ccc(NC(=O)c2cc(Nc3ccc(F)cc3F)ccn2)cc1. The molecule has 0 spiro atoms. The Morgan fingerprint density at radius 1 is 0.963 bits per heavy atom. The van der Waals surface area contributed by atoms with Crippen LogP contribution in [0.15, 0.2) is 60.8 Å². The van der Waals surface area contributed by atoms with Crippen molar-refractivity contribution in [3.8, 4) is 0 Å². The molecule has 1 aromatic heterocycles. The van der Waals surface area contributed by atoms with E-state index in [-0.39, 0.29) is 11.4 Å². The summed E-state index contributed by atoms with van der Waals surface area (Å²) < 4.78 is 26.8. The largest absolute Gasteiger partial charge is 0.378 e. The zero-order valence-corrected chi connectivity index (χ0v) is 14.8. The number of aromatic nitrogens is 1. The number of nitrogens with one attached hydrogen (secondary N) is 2. The number of nitrogens with zero attached hydrogens (tertiary/aromatic N) is 2. The van der Waals surface area contributed by atoms with Crippen LogP contribution in [0.1, 0.15) is 10.5 Å². The van der Waals surface area contributed by atoms with Crippen molar-refractivity contribution in [2.45, 2.75) is 0 Å². The molecule has 0 radical (unpaired) electrons. The van der Waals surface area contributed by atoms with Crippen LogP contribution in [0, 0.1) is 11.6 Å². The fraction of sp³-hybridized carbons (Fsp3) is 0.100. The van der Waals surface area contributed by atoms with Gasteiger partial charge in [-0.25, -0.2) is 8.78 Å². The van der Waals surface area contributed by atoms with Gasteiger partial charge in [-0.1, -0.05) is 0 Å². The van der Waals surface area contributed by atoms with Crippen molar-refractivity contribution >= 4 is 28.7 Å². The highest BCUT2D eigenvalue weighted by Crippen LogP contribution is 2.21. The van der Waals surface area contributed by atoms with Crippen LogP contribution < -0.4 is 15.5 Å². The van der Waals surface area contributed by atoms with Crippen LogP contribution in [0.5, 0.6) is 0 Å². The molecule has 27 heavy (non-hydrogen) atoms. The van der Waals surface area contributed by atoms with Gasteiger partial charge in [0, 0.05) is 43.4 Å². The van der Waals surface area contributed by atoms with Gasteiger partial charge < -0.3 is 15.5 Å². The normalized spacial score (nSPS) is 10.4. The fourth-order valence-electron chi connectivity index (χ4n) is 2.42. The molecule has 0 aliphatic rings. The molecular weight excluding hydrogens is 350 g/mol. The van der Waals surface area contributed by atoms with Gasteiger partial charge >= 0.3 is 0 Å². The first-order valence-corrected chi connectivity index (χ1v) is 8.19. The Morgan fingerprint density at radius 2 is 1.70 bits per heavy atom. The Bertz CT molecular complexity index is 958. The third-order valence-corrected chi connectivity index (χ3v) is 3.84. The van der Waals surface area contributed by atoms with Crippen molar-refractivity contribution < 1.29 is 13.6 Å². The summed E-state index contributed by atoms with van der Waals surface area (Å²) in [6, 6.07) is 13.7. The van der Waals surface area contributed by atoms with Crippen molar-refractivity contribution in [1.29, 1.82) is 0 Å². The molecule has 2 aromatic carbocycles. The van der Waals surface area contributed by atoms with E-state index in [9.17, 15) is 13.6 Å². The average Bonchev–Trinajstić information content (AvgIpc) is 2.65. The minimum Gasteiger partial charge on any atom is -0.378 e. The molecule has 1 amide bonds. The van der Waals surface area contributed by atoms with Gasteiger partial charge in [0.25, 0.3) is 5.91 Å². The van der Waals surface area contributed by atoms with E-state index >= 15 is 0 Å². The van der Waals surface area contributed by atoms with Gasteiger partial charge in [-0.15, -0.1) is 0 Å². The Labute approximate surface area is 155 Å². The standard InChI is InChI=1S/C20H18F2N4O/c1-26(2)16-6-4-14(5-7-16)25-20(27)19-12-15(9-10-23-19)24-18-8-3-13(21)11-17(18)22/h3-12H,1-2H3,(H,23,24)(H,25,27). The smallest absolute Gasteiger partial charge is 0.274 e. The van der Waals surface area contributed by atoms with Gasteiger partial charge in [-0.3, -0.25) is 9.78 Å². The van der Waals surface area contributed by atoms with Crippen LogP contribution in [-0.2, 0) is 0 Å². The van der Waals surface area contributed by atoms with Crippen molar-refractivity contribution in [3.63, 3.8) is 0 Å². The number of carbonyl (C=O) groups excluding carboxylic acids is 1. The molecule has 0 atom stereocenters. The Morgan fingerprint density at radius 3 is 2.37 bits per heavy atom. The number of carbonyl (C=O) groups is 1. The van der Waals surface area contributed by atoms with Gasteiger partial charge in [0.05, 0.1) is 5.69 Å². The molecule has 7 heteroatoms. The lowest BCUT2D eigenvalue weighted by molar-refractivity contribution is 0.102. The number of amides is 1. The molecule has 3 rings (SSSR count). The number of hydrogen-bond donors (Lipinski definition) is 2. The van der Waals surface area contributed by atoms with Gasteiger partial charge in [-0.2, -0.15) is 0 Å². The molecule has 5 nitrogen and oxygen atoms in total. The zero-order chi connectivity index (χ0) is 19.4. The molecule has 0 bridgehead atoms. The third-order valence-electron chi connectivity index (χ3n) is 3.84. The summed E-state index contributed by atoms with van der Waals surface area (Å²) in [5.74, 6) is -1.78. The van der Waals surface area contributed by atoms with E-state index < -0.39 is 17.5 Å². The van der Waals surface area contributed by atoms with Gasteiger partial charge in [-0.05, 0) is 48.5 Å². The number of halogens is 2. The molecule has 138 valence electrons. The Balaban J connectivity index is 1.73. The molecular formula is C20H18F2N4O. The molecule has 0 saturated carbocycles. The second-order valence-electron chi connectivity index (χ2n) is 6.07. The van der Waals surface area contributed by atoms with Crippen molar-refractivity contribution in [2.75, 3.05) is 29.6 Å².